The molecule has 1 amide bonds. The quantitative estimate of drug-likeness (QED) is 0.435. The third-order valence-electron chi connectivity index (χ3n) is 6.96. The van der Waals surface area contributed by atoms with Crippen molar-refractivity contribution >= 4 is 26.6 Å². The van der Waals surface area contributed by atoms with Crippen molar-refractivity contribution in [1.82, 2.24) is 19.8 Å². The summed E-state index contributed by atoms with van der Waals surface area (Å²) in [4.78, 5) is 24.7. The summed E-state index contributed by atoms with van der Waals surface area (Å²) >= 11 is 0. The first-order valence-corrected chi connectivity index (χ1v) is 13.1. The van der Waals surface area contributed by atoms with Gasteiger partial charge >= 0.3 is 0 Å². The molecular weight excluding hydrogens is 467 g/mol. The lowest BCUT2D eigenvalue weighted by Crippen LogP contribution is -2.50. The molecule has 1 atom stereocenters. The molecule has 4 aromatic rings. The second-order valence-electron chi connectivity index (χ2n) is 9.00. The molecule has 1 N–H and O–H groups in total. The second kappa shape index (κ2) is 8.28. The van der Waals surface area contributed by atoms with Crippen molar-refractivity contribution in [1.29, 1.82) is 0 Å². The number of fused-ring (bicyclic) bond motifs is 3. The minimum Gasteiger partial charge on any atom is -0.360 e. The number of aromatic amines is 1. The number of pyridine rings is 1. The Balaban J connectivity index is 1.34. The lowest BCUT2D eigenvalue weighted by Gasteiger charge is -2.40. The number of hydrogen-bond acceptors (Lipinski definition) is 5. The van der Waals surface area contributed by atoms with Crippen LogP contribution in [0.5, 0.6) is 0 Å². The summed E-state index contributed by atoms with van der Waals surface area (Å²) in [5.41, 5.74) is 3.33. The molecule has 35 heavy (non-hydrogen) atoms. The minimum atomic E-state index is -3.62. The van der Waals surface area contributed by atoms with Crippen LogP contribution in [0, 0.1) is 5.82 Å². The lowest BCUT2D eigenvalue weighted by molar-refractivity contribution is 0.0597. The molecule has 0 saturated carbocycles. The van der Waals surface area contributed by atoms with E-state index in [0.29, 0.717) is 37.3 Å². The van der Waals surface area contributed by atoms with Gasteiger partial charge in [-0.05, 0) is 41.0 Å². The Morgan fingerprint density at radius 2 is 1.80 bits per heavy atom. The zero-order valence-corrected chi connectivity index (χ0v) is 19.6. The maximum absolute atomic E-state index is 14.4. The smallest absolute Gasteiger partial charge is 0.257 e. The number of hydrogen-bond donors (Lipinski definition) is 1. The number of H-pyrrole nitrogens is 1. The van der Waals surface area contributed by atoms with Crippen LogP contribution in [0.3, 0.4) is 0 Å². The number of amides is 1. The van der Waals surface area contributed by atoms with Crippen LogP contribution in [0.4, 0.5) is 4.39 Å². The van der Waals surface area contributed by atoms with E-state index < -0.39 is 21.7 Å². The number of piperazine rings is 1. The Kier molecular flexibility index (Phi) is 5.19. The topological polar surface area (TPSA) is 86.4 Å². The average molecular weight is 491 g/mol. The molecule has 0 radical (unpaired) electrons. The Hall–Kier alpha value is -3.56. The normalized spacial score (nSPS) is 19.7. The highest BCUT2D eigenvalue weighted by molar-refractivity contribution is 7.90. The third kappa shape index (κ3) is 3.71. The van der Waals surface area contributed by atoms with E-state index in [4.69, 9.17) is 0 Å². The molecule has 6 rings (SSSR count). The molecule has 7 nitrogen and oxygen atoms in total. The van der Waals surface area contributed by atoms with Crippen LogP contribution in [0.15, 0.2) is 72.0 Å². The number of nitrogens with one attached hydrogen (secondary N) is 1. The van der Waals surface area contributed by atoms with Gasteiger partial charge in [-0.3, -0.25) is 14.7 Å². The van der Waals surface area contributed by atoms with Crippen molar-refractivity contribution in [2.45, 2.75) is 16.7 Å². The van der Waals surface area contributed by atoms with Crippen molar-refractivity contribution in [2.24, 2.45) is 0 Å². The van der Waals surface area contributed by atoms with E-state index in [-0.39, 0.29) is 16.6 Å². The average Bonchev–Trinajstić information content (AvgIpc) is 3.31. The van der Waals surface area contributed by atoms with Gasteiger partial charge < -0.3 is 9.88 Å². The van der Waals surface area contributed by atoms with Crippen LogP contribution >= 0.6 is 0 Å². The molecule has 1 saturated heterocycles. The highest BCUT2D eigenvalue weighted by Crippen LogP contribution is 2.40. The van der Waals surface area contributed by atoms with Gasteiger partial charge in [0.15, 0.2) is 9.84 Å². The SMILES string of the molecule is O=C(c1cncc2cc[nH]c12)N1CCN(C2c3ccccc3CS(=O)(=O)c3ccc(F)cc32)CC1. The standard InChI is InChI=1S/C26H23FN4O3S/c27-19-5-6-23-21(13-19)25(20-4-2-1-3-18(20)16-35(23,33)34)30-9-11-31(12-10-30)26(32)22-15-28-14-17-7-8-29-24(17)22/h1-8,13-15,25,29H,9-12,16H2. The van der Waals surface area contributed by atoms with Crippen LogP contribution in [0.25, 0.3) is 10.9 Å². The fraction of sp³-hybridized carbons (Fsp3) is 0.231. The van der Waals surface area contributed by atoms with Gasteiger partial charge in [-0.25, -0.2) is 12.8 Å². The zero-order chi connectivity index (χ0) is 24.2. The van der Waals surface area contributed by atoms with Gasteiger partial charge in [0.1, 0.15) is 5.82 Å². The van der Waals surface area contributed by atoms with Gasteiger partial charge in [0.05, 0.1) is 27.8 Å². The van der Waals surface area contributed by atoms with Crippen LogP contribution in [0.2, 0.25) is 0 Å². The molecule has 0 spiro atoms. The number of aromatic nitrogens is 2. The van der Waals surface area contributed by atoms with Crippen molar-refractivity contribution in [3.63, 3.8) is 0 Å². The number of halogens is 1. The molecule has 2 aromatic carbocycles. The highest BCUT2D eigenvalue weighted by Gasteiger charge is 2.36. The Labute approximate surface area is 202 Å². The molecule has 1 fully saturated rings. The molecule has 2 aromatic heterocycles. The number of benzene rings is 2. The van der Waals surface area contributed by atoms with Crippen molar-refractivity contribution < 1.29 is 17.6 Å². The first-order valence-electron chi connectivity index (χ1n) is 11.5. The summed E-state index contributed by atoms with van der Waals surface area (Å²) < 4.78 is 40.7. The first-order chi connectivity index (χ1) is 16.9. The van der Waals surface area contributed by atoms with Gasteiger partial charge in [-0.15, -0.1) is 0 Å². The summed E-state index contributed by atoms with van der Waals surface area (Å²) in [5.74, 6) is -0.687. The van der Waals surface area contributed by atoms with Gasteiger partial charge in [0.25, 0.3) is 5.91 Å². The molecular formula is C26H23FN4O3S. The predicted octanol–water partition coefficient (Wildman–Crippen LogP) is 3.54. The van der Waals surface area contributed by atoms with E-state index in [1.165, 1.54) is 18.2 Å². The number of carbonyl (C=O) groups excluding carboxylic acids is 1. The number of rotatable bonds is 2. The minimum absolute atomic E-state index is 0.0968. The van der Waals surface area contributed by atoms with Gasteiger partial charge in [-0.1, -0.05) is 24.3 Å². The Bertz CT molecular complexity index is 1560. The van der Waals surface area contributed by atoms with Gasteiger partial charge in [-0.2, -0.15) is 0 Å². The maximum Gasteiger partial charge on any atom is 0.257 e. The van der Waals surface area contributed by atoms with Gasteiger partial charge in [0, 0.05) is 50.2 Å². The second-order valence-corrected chi connectivity index (χ2v) is 11.0. The predicted molar refractivity (Wildman–Crippen MR) is 129 cm³/mol. The molecule has 0 aliphatic carbocycles. The molecule has 4 heterocycles. The lowest BCUT2D eigenvalue weighted by atomic mass is 9.93. The molecule has 9 heteroatoms. The Morgan fingerprint density at radius 3 is 2.63 bits per heavy atom. The fourth-order valence-corrected chi connectivity index (χ4v) is 6.92. The van der Waals surface area contributed by atoms with Crippen LogP contribution in [0.1, 0.15) is 33.1 Å². The molecule has 2 aliphatic rings. The largest absolute Gasteiger partial charge is 0.360 e. The van der Waals surface area contributed by atoms with Crippen LogP contribution in [-0.4, -0.2) is 60.3 Å². The third-order valence-corrected chi connectivity index (χ3v) is 8.69. The maximum atomic E-state index is 14.4. The fourth-order valence-electron chi connectivity index (χ4n) is 5.29. The summed E-state index contributed by atoms with van der Waals surface area (Å²) in [5, 5.41) is 0.879. The summed E-state index contributed by atoms with van der Waals surface area (Å²) in [7, 11) is -3.62. The van der Waals surface area contributed by atoms with E-state index in [9.17, 15) is 17.6 Å². The number of sulfone groups is 1. The van der Waals surface area contributed by atoms with Crippen molar-refractivity contribution in [2.75, 3.05) is 26.2 Å². The summed E-state index contributed by atoms with van der Waals surface area (Å²) in [6.07, 6.45) is 5.09. The number of nitrogens with zero attached hydrogens (tertiary/aromatic N) is 3. The molecule has 2 aliphatic heterocycles. The zero-order valence-electron chi connectivity index (χ0n) is 18.8. The molecule has 1 unspecified atom stereocenters. The molecule has 178 valence electrons. The van der Waals surface area contributed by atoms with E-state index >= 15 is 0 Å². The van der Waals surface area contributed by atoms with E-state index in [2.05, 4.69) is 14.9 Å². The number of carbonyl (C=O) groups is 1. The monoisotopic (exact) mass is 490 g/mol. The van der Waals surface area contributed by atoms with Crippen LogP contribution < -0.4 is 0 Å². The first kappa shape index (κ1) is 21.9. The van der Waals surface area contributed by atoms with E-state index in [0.717, 1.165) is 22.0 Å². The Morgan fingerprint density at radius 1 is 1.00 bits per heavy atom. The van der Waals surface area contributed by atoms with Crippen LogP contribution in [-0.2, 0) is 15.6 Å². The van der Waals surface area contributed by atoms with E-state index in [1.807, 2.05) is 30.3 Å². The molecule has 0 bridgehead atoms. The van der Waals surface area contributed by atoms with Crippen molar-refractivity contribution in [3.05, 3.63) is 95.2 Å². The van der Waals surface area contributed by atoms with Crippen molar-refractivity contribution in [3.8, 4) is 0 Å². The highest BCUT2D eigenvalue weighted by atomic mass is 32.2. The summed E-state index contributed by atoms with van der Waals surface area (Å²) in [6, 6.07) is 12.8. The van der Waals surface area contributed by atoms with E-state index in [1.54, 1.807) is 23.5 Å². The summed E-state index contributed by atoms with van der Waals surface area (Å²) in [6.45, 7) is 1.97. The van der Waals surface area contributed by atoms with Gasteiger partial charge in [0.2, 0.25) is 0 Å².